The van der Waals surface area contributed by atoms with Gasteiger partial charge >= 0.3 is 0 Å². The van der Waals surface area contributed by atoms with Gasteiger partial charge in [-0.15, -0.1) is 0 Å². The van der Waals surface area contributed by atoms with Crippen molar-refractivity contribution in [1.82, 2.24) is 29.4 Å². The number of likely N-dealkylation sites (tertiary alicyclic amines) is 2. The van der Waals surface area contributed by atoms with E-state index in [2.05, 4.69) is 43.5 Å². The van der Waals surface area contributed by atoms with Gasteiger partial charge in [-0.25, -0.2) is 4.98 Å². The summed E-state index contributed by atoms with van der Waals surface area (Å²) in [5.41, 5.74) is 1.80. The van der Waals surface area contributed by atoms with Crippen LogP contribution in [0.2, 0.25) is 0 Å². The minimum absolute atomic E-state index is 0.0175. The van der Waals surface area contributed by atoms with E-state index in [0.717, 1.165) is 30.0 Å². The van der Waals surface area contributed by atoms with Gasteiger partial charge in [-0.1, -0.05) is 24.3 Å². The highest BCUT2D eigenvalue weighted by molar-refractivity contribution is 9.10. The molecule has 284 valence electrons. The quantitative estimate of drug-likeness (QED) is 0.226. The molecule has 0 bridgehead atoms. The number of nitrogens with one attached hydrogen (secondary N) is 2. The lowest BCUT2D eigenvalue weighted by Gasteiger charge is -2.39. The molecular weight excluding hydrogens is 774 g/mol. The van der Waals surface area contributed by atoms with Crippen LogP contribution in [0.15, 0.2) is 76.1 Å². The Morgan fingerprint density at radius 3 is 2.53 bits per heavy atom. The summed E-state index contributed by atoms with van der Waals surface area (Å²) in [5, 5.41) is 5.68. The lowest BCUT2D eigenvalue weighted by molar-refractivity contribution is -0.140. The second-order valence-corrected chi connectivity index (χ2v) is 15.3. The Labute approximate surface area is 323 Å². The number of benzene rings is 2. The largest absolute Gasteiger partial charge is 0.492 e. The number of pyridine rings is 1. The number of nitrogens with zero attached hydrogens (tertiary/aromatic N) is 5. The first-order valence-electron chi connectivity index (χ1n) is 18.1. The second kappa shape index (κ2) is 14.9. The van der Waals surface area contributed by atoms with Gasteiger partial charge < -0.3 is 24.6 Å². The summed E-state index contributed by atoms with van der Waals surface area (Å²) >= 11 is 3.44. The molecule has 0 saturated carbocycles. The zero-order chi connectivity index (χ0) is 38.4. The van der Waals surface area contributed by atoms with Crippen molar-refractivity contribution in [2.24, 2.45) is 5.92 Å². The van der Waals surface area contributed by atoms with Crippen LogP contribution in [0.4, 0.5) is 5.82 Å². The standard InChI is InChI=1S/C39H38BrN7O8/c1-44-18-24(15-25(19-44)41-35-34(40)39(53)46-14-3-2-7-30(46)42-35)23-8-10-26(11-9-23)54-21-32(49)45-16-22(17-45)20-55-29-6-4-5-27-33(29)38(52)47(37(27)51)28-12-13-31(48)43-36(28)50/h2-11,14,22,24-25,28,41H,12-13,15-21H2,1H3,(H,43,48,50)/t24-,25+,28?/m0/s1. The fraction of sp³-hybridized carbons (Fsp3) is 0.359. The van der Waals surface area contributed by atoms with E-state index in [0.29, 0.717) is 34.8 Å². The SMILES string of the molecule is CN1C[C@H](Nc2nc3ccccn3c(=O)c2Br)C[C@H](c2ccc(OCC(=O)N3CC(COc4cccc5c4C(=O)N(C4CCC(=O)NC4=O)C5=O)C3)cc2)C1. The van der Waals surface area contributed by atoms with Crippen molar-refractivity contribution in [3.63, 3.8) is 0 Å². The average Bonchev–Trinajstić information content (AvgIpc) is 3.41. The summed E-state index contributed by atoms with van der Waals surface area (Å²) in [6.07, 6.45) is 2.64. The van der Waals surface area contributed by atoms with Gasteiger partial charge in [0.05, 0.1) is 17.7 Å². The highest BCUT2D eigenvalue weighted by Crippen LogP contribution is 2.35. The molecule has 1 unspecified atom stereocenters. The van der Waals surface area contributed by atoms with E-state index in [1.807, 2.05) is 30.3 Å². The molecule has 6 heterocycles. The molecule has 3 saturated heterocycles. The van der Waals surface area contributed by atoms with Crippen molar-refractivity contribution < 1.29 is 33.4 Å². The van der Waals surface area contributed by atoms with Crippen LogP contribution < -0.4 is 25.7 Å². The molecule has 3 fully saturated rings. The monoisotopic (exact) mass is 811 g/mol. The van der Waals surface area contributed by atoms with Crippen molar-refractivity contribution in [3.05, 3.63) is 98.4 Å². The third-order valence-electron chi connectivity index (χ3n) is 10.6. The van der Waals surface area contributed by atoms with Gasteiger partial charge in [0, 0.05) is 50.8 Å². The maximum atomic E-state index is 13.3. The molecule has 2 aromatic heterocycles. The molecule has 55 heavy (non-hydrogen) atoms. The number of piperidine rings is 2. The maximum absolute atomic E-state index is 13.3. The zero-order valence-electron chi connectivity index (χ0n) is 29.9. The molecule has 5 amide bonds. The summed E-state index contributed by atoms with van der Waals surface area (Å²) in [7, 11) is 2.07. The van der Waals surface area contributed by atoms with Crippen LogP contribution in [0.25, 0.3) is 5.65 Å². The number of carbonyl (C=O) groups is 5. The molecule has 8 rings (SSSR count). The molecular formula is C39H38BrN7O8. The fourth-order valence-corrected chi connectivity index (χ4v) is 8.18. The number of ether oxygens (including phenoxy) is 2. The van der Waals surface area contributed by atoms with Crippen LogP contribution in [0.1, 0.15) is 51.5 Å². The first kappa shape index (κ1) is 36.4. The predicted octanol–water partition coefficient (Wildman–Crippen LogP) is 2.67. The number of imide groups is 2. The Bertz CT molecular complexity index is 2270. The summed E-state index contributed by atoms with van der Waals surface area (Å²) in [5.74, 6) is -0.891. The molecule has 0 spiro atoms. The normalized spacial score (nSPS) is 21.7. The van der Waals surface area contributed by atoms with E-state index in [4.69, 9.17) is 9.47 Å². The van der Waals surface area contributed by atoms with Gasteiger partial charge in [0.2, 0.25) is 11.8 Å². The average molecular weight is 813 g/mol. The summed E-state index contributed by atoms with van der Waals surface area (Å²) in [6, 6.07) is 17.0. The Kier molecular flexibility index (Phi) is 9.86. The van der Waals surface area contributed by atoms with Crippen LogP contribution in [-0.2, 0) is 14.4 Å². The van der Waals surface area contributed by atoms with E-state index in [9.17, 15) is 28.8 Å². The van der Waals surface area contributed by atoms with Crippen LogP contribution >= 0.6 is 15.9 Å². The van der Waals surface area contributed by atoms with Crippen molar-refractivity contribution in [1.29, 1.82) is 0 Å². The minimum Gasteiger partial charge on any atom is -0.492 e. The Morgan fingerprint density at radius 1 is 0.945 bits per heavy atom. The van der Waals surface area contributed by atoms with Crippen molar-refractivity contribution in [2.45, 2.75) is 37.3 Å². The van der Waals surface area contributed by atoms with E-state index >= 15 is 0 Å². The maximum Gasteiger partial charge on any atom is 0.274 e. The molecule has 15 nitrogen and oxygen atoms in total. The van der Waals surface area contributed by atoms with Gasteiger partial charge in [0.25, 0.3) is 23.3 Å². The smallest absolute Gasteiger partial charge is 0.274 e. The Hall–Kier alpha value is -5.61. The highest BCUT2D eigenvalue weighted by Gasteiger charge is 2.46. The zero-order valence-corrected chi connectivity index (χ0v) is 31.5. The summed E-state index contributed by atoms with van der Waals surface area (Å²) < 4.78 is 13.7. The topological polar surface area (TPSA) is 172 Å². The van der Waals surface area contributed by atoms with Crippen LogP contribution in [0.3, 0.4) is 0 Å². The molecule has 2 N–H and O–H groups in total. The Balaban J connectivity index is 0.808. The van der Waals surface area contributed by atoms with Gasteiger partial charge in [0.1, 0.15) is 33.5 Å². The number of halogens is 1. The van der Waals surface area contributed by atoms with Crippen LogP contribution in [0, 0.1) is 5.92 Å². The molecule has 0 aliphatic carbocycles. The lowest BCUT2D eigenvalue weighted by Crippen LogP contribution is -2.54. The first-order chi connectivity index (χ1) is 26.5. The lowest BCUT2D eigenvalue weighted by atomic mass is 9.88. The van der Waals surface area contributed by atoms with E-state index < -0.39 is 29.7 Å². The highest BCUT2D eigenvalue weighted by atomic mass is 79.9. The predicted molar refractivity (Wildman–Crippen MR) is 202 cm³/mol. The third-order valence-corrected chi connectivity index (χ3v) is 11.3. The van der Waals surface area contributed by atoms with Crippen LogP contribution in [0.5, 0.6) is 11.5 Å². The van der Waals surface area contributed by atoms with Gasteiger partial charge in [-0.2, -0.15) is 0 Å². The molecule has 2 aromatic carbocycles. The van der Waals surface area contributed by atoms with E-state index in [-0.39, 0.29) is 72.3 Å². The number of anilines is 1. The summed E-state index contributed by atoms with van der Waals surface area (Å²) in [6.45, 7) is 2.69. The number of amides is 5. The number of rotatable bonds is 10. The molecule has 4 aromatic rings. The van der Waals surface area contributed by atoms with Gasteiger partial charge in [-0.3, -0.25) is 43.4 Å². The van der Waals surface area contributed by atoms with Crippen LogP contribution in [-0.4, -0.2) is 112 Å². The number of hydrogen-bond acceptors (Lipinski definition) is 11. The molecule has 3 atom stereocenters. The number of aromatic nitrogens is 2. The number of likely N-dealkylation sites (N-methyl/N-ethyl adjacent to an activating group) is 1. The molecule has 16 heteroatoms. The third kappa shape index (κ3) is 7.18. The number of fused-ring (bicyclic) bond motifs is 2. The molecule has 0 radical (unpaired) electrons. The molecule has 4 aliphatic rings. The summed E-state index contributed by atoms with van der Waals surface area (Å²) in [4.78, 5) is 85.7. The van der Waals surface area contributed by atoms with Crippen molar-refractivity contribution in [2.75, 3.05) is 51.8 Å². The van der Waals surface area contributed by atoms with E-state index in [1.165, 1.54) is 10.5 Å². The fourth-order valence-electron chi connectivity index (χ4n) is 7.79. The van der Waals surface area contributed by atoms with E-state index in [1.54, 1.807) is 35.4 Å². The number of carbonyl (C=O) groups excluding carboxylic acids is 5. The van der Waals surface area contributed by atoms with Gasteiger partial charge in [0.15, 0.2) is 6.61 Å². The van der Waals surface area contributed by atoms with Crippen molar-refractivity contribution in [3.8, 4) is 11.5 Å². The Morgan fingerprint density at radius 2 is 1.75 bits per heavy atom. The molecule has 4 aliphatic heterocycles. The second-order valence-electron chi connectivity index (χ2n) is 14.5. The minimum atomic E-state index is -1.06. The van der Waals surface area contributed by atoms with Gasteiger partial charge in [-0.05, 0) is 83.7 Å². The first-order valence-corrected chi connectivity index (χ1v) is 18.9. The van der Waals surface area contributed by atoms with Crippen molar-refractivity contribution >= 4 is 56.9 Å². The number of hydrogen-bond donors (Lipinski definition) is 2.